The van der Waals surface area contributed by atoms with Crippen LogP contribution in [0, 0.1) is 35.5 Å². The Morgan fingerprint density at radius 2 is 1.95 bits per heavy atom. The third kappa shape index (κ3) is 1.82. The molecule has 0 saturated heterocycles. The van der Waals surface area contributed by atoms with Crippen molar-refractivity contribution in [1.29, 1.82) is 0 Å². The average Bonchev–Trinajstić information content (AvgIpc) is 2.97. The highest BCUT2D eigenvalue weighted by atomic mass is 16.7. The van der Waals surface area contributed by atoms with E-state index in [-0.39, 0.29) is 5.92 Å². The van der Waals surface area contributed by atoms with Gasteiger partial charge in [-0.2, -0.15) is 0 Å². The summed E-state index contributed by atoms with van der Waals surface area (Å²) in [4.78, 5) is 12.7. The van der Waals surface area contributed by atoms with E-state index in [0.29, 0.717) is 41.8 Å². The molecule has 0 aliphatic heterocycles. The van der Waals surface area contributed by atoms with Crippen molar-refractivity contribution < 1.29 is 14.3 Å². The smallest absolute Gasteiger partial charge is 0.171 e. The van der Waals surface area contributed by atoms with Gasteiger partial charge in [-0.3, -0.25) is 4.79 Å². The maximum Gasteiger partial charge on any atom is 0.171 e. The molecule has 114 valence electrons. The average molecular weight is 280 g/mol. The van der Waals surface area contributed by atoms with Crippen molar-refractivity contribution in [2.75, 3.05) is 14.2 Å². The van der Waals surface area contributed by atoms with Crippen LogP contribution in [-0.2, 0) is 14.3 Å². The molecule has 3 aliphatic rings. The third-order valence-corrected chi connectivity index (χ3v) is 6.71. The number of methoxy groups -OCH3 is 2. The van der Waals surface area contributed by atoms with E-state index in [1.807, 2.05) is 0 Å². The van der Waals surface area contributed by atoms with E-state index in [0.717, 1.165) is 19.3 Å². The molecule has 3 aliphatic carbocycles. The SMILES string of the molecule is CC[C@@H]1[C@@H]2C(=O)C[C@H]3[C@H](CCC3(OC)OC)[C@@H]2C[C@@H]1C. The summed E-state index contributed by atoms with van der Waals surface area (Å²) in [5, 5.41) is 0. The van der Waals surface area contributed by atoms with Gasteiger partial charge in [0.1, 0.15) is 5.78 Å². The molecule has 0 amide bonds. The Labute approximate surface area is 122 Å². The summed E-state index contributed by atoms with van der Waals surface area (Å²) in [6, 6.07) is 0. The first-order chi connectivity index (χ1) is 9.57. The monoisotopic (exact) mass is 280 g/mol. The molecule has 0 N–H and O–H groups in total. The zero-order valence-electron chi connectivity index (χ0n) is 13.2. The van der Waals surface area contributed by atoms with E-state index in [1.165, 1.54) is 6.42 Å². The van der Waals surface area contributed by atoms with Gasteiger partial charge in [0.25, 0.3) is 0 Å². The van der Waals surface area contributed by atoms with Crippen LogP contribution < -0.4 is 0 Å². The van der Waals surface area contributed by atoms with Gasteiger partial charge in [0.15, 0.2) is 5.79 Å². The molecule has 0 aromatic rings. The Kier molecular flexibility index (Phi) is 3.70. The molecular formula is C17H28O3. The highest BCUT2D eigenvalue weighted by Crippen LogP contribution is 2.59. The number of carbonyl (C=O) groups excluding carboxylic acids is 1. The number of carbonyl (C=O) groups is 1. The number of hydrogen-bond donors (Lipinski definition) is 0. The van der Waals surface area contributed by atoms with E-state index >= 15 is 0 Å². The van der Waals surface area contributed by atoms with Gasteiger partial charge in [0, 0.05) is 38.9 Å². The number of ketones is 1. The molecular weight excluding hydrogens is 252 g/mol. The predicted octanol–water partition coefficient (Wildman–Crippen LogP) is 3.27. The Morgan fingerprint density at radius 3 is 2.55 bits per heavy atom. The molecule has 3 heteroatoms. The number of hydrogen-bond acceptors (Lipinski definition) is 3. The van der Waals surface area contributed by atoms with Gasteiger partial charge in [0.2, 0.25) is 0 Å². The van der Waals surface area contributed by atoms with Crippen molar-refractivity contribution in [3.63, 3.8) is 0 Å². The predicted molar refractivity (Wildman–Crippen MR) is 77.1 cm³/mol. The van der Waals surface area contributed by atoms with Gasteiger partial charge in [-0.15, -0.1) is 0 Å². The highest BCUT2D eigenvalue weighted by molar-refractivity contribution is 5.83. The van der Waals surface area contributed by atoms with Gasteiger partial charge >= 0.3 is 0 Å². The van der Waals surface area contributed by atoms with E-state index in [2.05, 4.69) is 13.8 Å². The van der Waals surface area contributed by atoms with Crippen LogP contribution in [0.25, 0.3) is 0 Å². The van der Waals surface area contributed by atoms with Crippen LogP contribution in [0.2, 0.25) is 0 Å². The fraction of sp³-hybridized carbons (Fsp3) is 0.941. The maximum absolute atomic E-state index is 12.7. The standard InChI is InChI=1S/C17H28O3/c1-5-11-10(2)8-13-12-6-7-17(19-3,20-4)14(12)9-15(18)16(11)13/h10-14,16H,5-9H2,1-4H3/t10-,11-,12+,13-,14-,16-/m0/s1. The van der Waals surface area contributed by atoms with Crippen LogP contribution in [0.15, 0.2) is 0 Å². The minimum atomic E-state index is -0.501. The van der Waals surface area contributed by atoms with Crippen molar-refractivity contribution in [2.45, 2.75) is 51.7 Å². The normalized spacial score (nSPS) is 46.3. The van der Waals surface area contributed by atoms with Crippen LogP contribution in [0.5, 0.6) is 0 Å². The third-order valence-electron chi connectivity index (χ3n) is 6.71. The summed E-state index contributed by atoms with van der Waals surface area (Å²) in [7, 11) is 3.46. The van der Waals surface area contributed by atoms with Gasteiger partial charge in [-0.05, 0) is 36.5 Å². The summed E-state index contributed by atoms with van der Waals surface area (Å²) >= 11 is 0. The summed E-state index contributed by atoms with van der Waals surface area (Å²) in [6.45, 7) is 4.58. The topological polar surface area (TPSA) is 35.5 Å². The fourth-order valence-electron chi connectivity index (χ4n) is 5.84. The van der Waals surface area contributed by atoms with Gasteiger partial charge in [-0.1, -0.05) is 20.3 Å². The van der Waals surface area contributed by atoms with Gasteiger partial charge in [-0.25, -0.2) is 0 Å². The second-order valence-corrected chi connectivity index (χ2v) is 7.17. The molecule has 0 spiro atoms. The molecule has 0 heterocycles. The zero-order valence-corrected chi connectivity index (χ0v) is 13.2. The molecule has 20 heavy (non-hydrogen) atoms. The van der Waals surface area contributed by atoms with Crippen molar-refractivity contribution in [2.24, 2.45) is 35.5 Å². The summed E-state index contributed by atoms with van der Waals surface area (Å²) in [5.74, 6) is 3.07. The van der Waals surface area contributed by atoms with Crippen LogP contribution in [-0.4, -0.2) is 25.8 Å². The van der Waals surface area contributed by atoms with E-state index < -0.39 is 5.79 Å². The van der Waals surface area contributed by atoms with Crippen molar-refractivity contribution in [3.8, 4) is 0 Å². The lowest BCUT2D eigenvalue weighted by Gasteiger charge is -2.42. The van der Waals surface area contributed by atoms with Gasteiger partial charge in [0.05, 0.1) is 0 Å². The molecule has 6 atom stereocenters. The molecule has 3 rings (SSSR count). The van der Waals surface area contributed by atoms with Crippen LogP contribution in [0.1, 0.15) is 46.0 Å². The first-order valence-electron chi connectivity index (χ1n) is 8.21. The fourth-order valence-corrected chi connectivity index (χ4v) is 5.84. The molecule has 0 bridgehead atoms. The van der Waals surface area contributed by atoms with E-state index in [4.69, 9.17) is 9.47 Å². The molecule has 0 aromatic heterocycles. The Hall–Kier alpha value is -0.410. The quantitative estimate of drug-likeness (QED) is 0.744. The van der Waals surface area contributed by atoms with Crippen LogP contribution >= 0.6 is 0 Å². The molecule has 0 radical (unpaired) electrons. The number of rotatable bonds is 3. The lowest BCUT2D eigenvalue weighted by atomic mass is 9.65. The molecule has 0 aromatic carbocycles. The zero-order chi connectivity index (χ0) is 14.5. The lowest BCUT2D eigenvalue weighted by Crippen LogP contribution is -2.47. The van der Waals surface area contributed by atoms with Crippen molar-refractivity contribution >= 4 is 5.78 Å². The summed E-state index contributed by atoms with van der Waals surface area (Å²) < 4.78 is 11.4. The first-order valence-corrected chi connectivity index (χ1v) is 8.21. The van der Waals surface area contributed by atoms with E-state index in [1.54, 1.807) is 14.2 Å². The minimum Gasteiger partial charge on any atom is -0.353 e. The van der Waals surface area contributed by atoms with Crippen LogP contribution in [0.3, 0.4) is 0 Å². The Morgan fingerprint density at radius 1 is 1.25 bits per heavy atom. The minimum absolute atomic E-state index is 0.272. The Bertz CT molecular complexity index is 388. The number of fused-ring (bicyclic) bond motifs is 3. The van der Waals surface area contributed by atoms with Crippen LogP contribution in [0.4, 0.5) is 0 Å². The Balaban J connectivity index is 1.90. The number of Topliss-reactive ketones (excluding diaryl/α,β-unsaturated/α-hetero) is 1. The largest absolute Gasteiger partial charge is 0.353 e. The molecule has 3 nitrogen and oxygen atoms in total. The molecule has 3 fully saturated rings. The lowest BCUT2D eigenvalue weighted by molar-refractivity contribution is -0.237. The van der Waals surface area contributed by atoms with Crippen molar-refractivity contribution in [1.82, 2.24) is 0 Å². The second kappa shape index (κ2) is 5.10. The van der Waals surface area contributed by atoms with E-state index in [9.17, 15) is 4.79 Å². The molecule has 0 unspecified atom stereocenters. The summed E-state index contributed by atoms with van der Waals surface area (Å²) in [6.07, 6.45) is 5.13. The first kappa shape index (κ1) is 14.5. The summed E-state index contributed by atoms with van der Waals surface area (Å²) in [5.41, 5.74) is 0. The molecule has 3 saturated carbocycles. The maximum atomic E-state index is 12.7. The van der Waals surface area contributed by atoms with Crippen molar-refractivity contribution in [3.05, 3.63) is 0 Å². The van der Waals surface area contributed by atoms with Gasteiger partial charge < -0.3 is 9.47 Å². The highest BCUT2D eigenvalue weighted by Gasteiger charge is 2.60. The number of ether oxygens (including phenoxy) is 2. The second-order valence-electron chi connectivity index (χ2n) is 7.17.